The van der Waals surface area contributed by atoms with E-state index in [0.29, 0.717) is 11.4 Å². The highest BCUT2D eigenvalue weighted by molar-refractivity contribution is 5.93. The summed E-state index contributed by atoms with van der Waals surface area (Å²) in [4.78, 5) is 20.4. The standard InChI is InChI=1S/C16H17N5O2/c1-16(2,3)23-15(22)20-12-9-17-7-6-11(12)14-13-5-4-8-21(13)19-10-18-14/h4-10H,1-3H3,(H,20,22). The molecule has 0 atom stereocenters. The fourth-order valence-corrected chi connectivity index (χ4v) is 2.19. The molecule has 7 nitrogen and oxygen atoms in total. The smallest absolute Gasteiger partial charge is 0.412 e. The molecule has 1 N–H and O–H groups in total. The Hall–Kier alpha value is -2.96. The Kier molecular flexibility index (Phi) is 3.69. The van der Waals surface area contributed by atoms with Crippen molar-refractivity contribution in [1.82, 2.24) is 19.6 Å². The number of nitrogens with one attached hydrogen (secondary N) is 1. The predicted molar refractivity (Wildman–Crippen MR) is 86.1 cm³/mol. The first-order valence-corrected chi connectivity index (χ1v) is 7.17. The van der Waals surface area contributed by atoms with Gasteiger partial charge in [0.05, 0.1) is 17.4 Å². The van der Waals surface area contributed by atoms with Crippen LogP contribution in [0.3, 0.4) is 0 Å². The average molecular weight is 311 g/mol. The monoisotopic (exact) mass is 311 g/mol. The van der Waals surface area contributed by atoms with Crippen LogP contribution in [0, 0.1) is 0 Å². The Morgan fingerprint density at radius 2 is 2.13 bits per heavy atom. The lowest BCUT2D eigenvalue weighted by Crippen LogP contribution is -2.27. The van der Waals surface area contributed by atoms with Crippen molar-refractivity contribution in [1.29, 1.82) is 0 Å². The highest BCUT2D eigenvalue weighted by atomic mass is 16.6. The van der Waals surface area contributed by atoms with Crippen LogP contribution in [0.5, 0.6) is 0 Å². The molecule has 0 fully saturated rings. The van der Waals surface area contributed by atoms with Crippen molar-refractivity contribution < 1.29 is 9.53 Å². The van der Waals surface area contributed by atoms with Crippen molar-refractivity contribution in [3.05, 3.63) is 43.1 Å². The van der Waals surface area contributed by atoms with Crippen LogP contribution in [0.25, 0.3) is 16.8 Å². The summed E-state index contributed by atoms with van der Waals surface area (Å²) in [5.41, 5.74) is 2.25. The Labute approximate surface area is 133 Å². The second-order valence-corrected chi connectivity index (χ2v) is 5.99. The molecule has 118 valence electrons. The highest BCUT2D eigenvalue weighted by Crippen LogP contribution is 2.28. The molecule has 23 heavy (non-hydrogen) atoms. The first kappa shape index (κ1) is 15.0. The molecule has 0 unspecified atom stereocenters. The maximum atomic E-state index is 12.0. The second kappa shape index (κ2) is 5.68. The van der Waals surface area contributed by atoms with Gasteiger partial charge in [0.25, 0.3) is 0 Å². The minimum atomic E-state index is -0.573. The molecule has 7 heteroatoms. The topological polar surface area (TPSA) is 81.4 Å². The van der Waals surface area contributed by atoms with Crippen molar-refractivity contribution in [2.75, 3.05) is 5.32 Å². The highest BCUT2D eigenvalue weighted by Gasteiger charge is 2.18. The van der Waals surface area contributed by atoms with Gasteiger partial charge in [-0.25, -0.2) is 14.3 Å². The van der Waals surface area contributed by atoms with E-state index in [1.807, 2.05) is 39.1 Å². The Morgan fingerprint density at radius 1 is 1.30 bits per heavy atom. The number of fused-ring (bicyclic) bond motifs is 1. The van der Waals surface area contributed by atoms with Crippen LogP contribution in [-0.2, 0) is 4.74 Å². The Bertz CT molecular complexity index is 851. The van der Waals surface area contributed by atoms with Gasteiger partial charge in [0, 0.05) is 18.0 Å². The van der Waals surface area contributed by atoms with Crippen molar-refractivity contribution in [2.45, 2.75) is 26.4 Å². The van der Waals surface area contributed by atoms with E-state index in [1.165, 1.54) is 6.33 Å². The molecule has 3 aromatic rings. The van der Waals surface area contributed by atoms with Crippen LogP contribution >= 0.6 is 0 Å². The molecule has 0 saturated heterocycles. The van der Waals surface area contributed by atoms with Crippen LogP contribution in [0.1, 0.15) is 20.8 Å². The third-order valence-electron chi connectivity index (χ3n) is 3.05. The zero-order valence-electron chi connectivity index (χ0n) is 13.1. The number of carbonyl (C=O) groups excluding carboxylic acids is 1. The van der Waals surface area contributed by atoms with Crippen molar-refractivity contribution in [3.63, 3.8) is 0 Å². The molecule has 0 aromatic carbocycles. The summed E-state index contributed by atoms with van der Waals surface area (Å²) in [5.74, 6) is 0. The maximum absolute atomic E-state index is 12.0. The predicted octanol–water partition coefficient (Wildman–Crippen LogP) is 3.14. The van der Waals surface area contributed by atoms with Crippen LogP contribution in [0.4, 0.5) is 10.5 Å². The lowest BCUT2D eigenvalue weighted by molar-refractivity contribution is 0.0636. The number of ether oxygens (including phenoxy) is 1. The van der Waals surface area contributed by atoms with Gasteiger partial charge in [-0.1, -0.05) is 0 Å². The van der Waals surface area contributed by atoms with E-state index in [2.05, 4.69) is 20.4 Å². The van der Waals surface area contributed by atoms with Crippen molar-refractivity contribution >= 4 is 17.3 Å². The number of nitrogens with zero attached hydrogens (tertiary/aromatic N) is 4. The third-order valence-corrected chi connectivity index (χ3v) is 3.05. The average Bonchev–Trinajstić information content (AvgIpc) is 2.94. The number of rotatable bonds is 2. The molecule has 0 aliphatic rings. The van der Waals surface area contributed by atoms with Gasteiger partial charge in [0.1, 0.15) is 17.6 Å². The number of amides is 1. The molecular weight excluding hydrogens is 294 g/mol. The summed E-state index contributed by atoms with van der Waals surface area (Å²) in [5, 5.41) is 6.87. The van der Waals surface area contributed by atoms with Crippen LogP contribution < -0.4 is 5.32 Å². The molecule has 0 radical (unpaired) electrons. The van der Waals surface area contributed by atoms with E-state index >= 15 is 0 Å². The van der Waals surface area contributed by atoms with E-state index in [9.17, 15) is 4.79 Å². The summed E-state index contributed by atoms with van der Waals surface area (Å²) in [7, 11) is 0. The van der Waals surface area contributed by atoms with Gasteiger partial charge >= 0.3 is 6.09 Å². The third kappa shape index (κ3) is 3.28. The Morgan fingerprint density at radius 3 is 2.91 bits per heavy atom. The molecule has 3 heterocycles. The first-order valence-electron chi connectivity index (χ1n) is 7.17. The summed E-state index contributed by atoms with van der Waals surface area (Å²) < 4.78 is 7.01. The van der Waals surface area contributed by atoms with Crippen LogP contribution in [-0.4, -0.2) is 31.3 Å². The maximum Gasteiger partial charge on any atom is 0.412 e. The van der Waals surface area contributed by atoms with Gasteiger partial charge in [-0.3, -0.25) is 10.3 Å². The van der Waals surface area contributed by atoms with Gasteiger partial charge in [0.2, 0.25) is 0 Å². The molecular formula is C16H17N5O2. The fourth-order valence-electron chi connectivity index (χ4n) is 2.19. The quantitative estimate of drug-likeness (QED) is 0.786. The van der Waals surface area contributed by atoms with Gasteiger partial charge < -0.3 is 4.74 Å². The lowest BCUT2D eigenvalue weighted by Gasteiger charge is -2.20. The van der Waals surface area contributed by atoms with Crippen molar-refractivity contribution in [3.8, 4) is 11.3 Å². The van der Waals surface area contributed by atoms with E-state index in [4.69, 9.17) is 4.74 Å². The van der Waals surface area contributed by atoms with Gasteiger partial charge in [-0.05, 0) is 39.0 Å². The lowest BCUT2D eigenvalue weighted by atomic mass is 10.1. The number of aromatic nitrogens is 4. The number of hydrogen-bond acceptors (Lipinski definition) is 5. The Balaban J connectivity index is 1.98. The number of anilines is 1. The molecule has 0 bridgehead atoms. The SMILES string of the molecule is CC(C)(C)OC(=O)Nc1cnccc1-c1ncnn2cccc12. The molecule has 3 rings (SSSR count). The minimum absolute atomic E-state index is 0.531. The molecule has 3 aromatic heterocycles. The van der Waals surface area contributed by atoms with E-state index in [1.54, 1.807) is 23.0 Å². The van der Waals surface area contributed by atoms with Crippen LogP contribution in [0.15, 0.2) is 43.1 Å². The molecule has 0 spiro atoms. The van der Waals surface area contributed by atoms with Gasteiger partial charge in [-0.15, -0.1) is 0 Å². The number of carbonyl (C=O) groups is 1. The van der Waals surface area contributed by atoms with E-state index < -0.39 is 11.7 Å². The molecule has 1 amide bonds. The normalized spacial score (nSPS) is 11.4. The zero-order valence-corrected chi connectivity index (χ0v) is 13.1. The van der Waals surface area contributed by atoms with Crippen molar-refractivity contribution in [2.24, 2.45) is 0 Å². The van der Waals surface area contributed by atoms with E-state index in [-0.39, 0.29) is 0 Å². The summed E-state index contributed by atoms with van der Waals surface area (Å²) in [6, 6.07) is 5.59. The summed E-state index contributed by atoms with van der Waals surface area (Å²) >= 11 is 0. The number of hydrogen-bond donors (Lipinski definition) is 1. The minimum Gasteiger partial charge on any atom is -0.444 e. The van der Waals surface area contributed by atoms with Gasteiger partial charge in [-0.2, -0.15) is 5.10 Å². The first-order chi connectivity index (χ1) is 10.9. The second-order valence-electron chi connectivity index (χ2n) is 5.99. The number of pyridine rings is 1. The zero-order chi connectivity index (χ0) is 16.4. The summed E-state index contributed by atoms with van der Waals surface area (Å²) in [6.07, 6.45) is 5.99. The largest absolute Gasteiger partial charge is 0.444 e. The summed E-state index contributed by atoms with van der Waals surface area (Å²) in [6.45, 7) is 5.43. The molecule has 0 saturated carbocycles. The molecule has 0 aliphatic carbocycles. The van der Waals surface area contributed by atoms with E-state index in [0.717, 1.165) is 11.1 Å². The molecule has 0 aliphatic heterocycles. The van der Waals surface area contributed by atoms with Crippen LogP contribution in [0.2, 0.25) is 0 Å². The fraction of sp³-hybridized carbons (Fsp3) is 0.250. The van der Waals surface area contributed by atoms with Gasteiger partial charge in [0.15, 0.2) is 0 Å².